The molecule has 3 N–H and O–H groups in total. The summed E-state index contributed by atoms with van der Waals surface area (Å²) < 4.78 is 0. The van der Waals surface area contributed by atoms with Gasteiger partial charge in [-0.1, -0.05) is 12.2 Å². The van der Waals surface area contributed by atoms with E-state index in [-0.39, 0.29) is 5.91 Å². The second-order valence-corrected chi connectivity index (χ2v) is 4.32. The van der Waals surface area contributed by atoms with Gasteiger partial charge in [0.05, 0.1) is 4.99 Å². The largest absolute Gasteiger partial charge is 0.392 e. The summed E-state index contributed by atoms with van der Waals surface area (Å²) in [5.74, 6) is 0.127. The zero-order chi connectivity index (χ0) is 10.6. The van der Waals surface area contributed by atoms with Gasteiger partial charge in [-0.2, -0.15) is 0 Å². The van der Waals surface area contributed by atoms with Gasteiger partial charge in [0.15, 0.2) is 0 Å². The summed E-state index contributed by atoms with van der Waals surface area (Å²) in [5, 5.41) is 2.93. The van der Waals surface area contributed by atoms with E-state index in [1.54, 1.807) is 0 Å². The van der Waals surface area contributed by atoms with E-state index in [1.807, 2.05) is 11.9 Å². The van der Waals surface area contributed by atoms with E-state index in [0.29, 0.717) is 30.5 Å². The van der Waals surface area contributed by atoms with Crippen molar-refractivity contribution in [1.29, 1.82) is 0 Å². The van der Waals surface area contributed by atoms with Crippen LogP contribution in [0.4, 0.5) is 0 Å². The lowest BCUT2D eigenvalue weighted by molar-refractivity contribution is -0.121. The van der Waals surface area contributed by atoms with Crippen molar-refractivity contribution >= 4 is 23.1 Å². The molecule has 5 heteroatoms. The van der Waals surface area contributed by atoms with Gasteiger partial charge < -0.3 is 11.1 Å². The monoisotopic (exact) mass is 215 g/mol. The van der Waals surface area contributed by atoms with Gasteiger partial charge in [-0.3, -0.25) is 9.69 Å². The van der Waals surface area contributed by atoms with E-state index >= 15 is 0 Å². The number of hydrogen-bond donors (Lipinski definition) is 2. The normalized spacial score (nSPS) is 15.6. The van der Waals surface area contributed by atoms with Crippen molar-refractivity contribution in [3.05, 3.63) is 0 Å². The maximum Gasteiger partial charge on any atom is 0.221 e. The topological polar surface area (TPSA) is 58.4 Å². The van der Waals surface area contributed by atoms with E-state index in [1.165, 1.54) is 0 Å². The molecule has 0 unspecified atom stereocenters. The van der Waals surface area contributed by atoms with Gasteiger partial charge in [0.25, 0.3) is 0 Å². The van der Waals surface area contributed by atoms with Gasteiger partial charge in [-0.05, 0) is 19.9 Å². The first-order valence-electron chi connectivity index (χ1n) is 4.84. The lowest BCUT2D eigenvalue weighted by Crippen LogP contribution is -2.34. The Bertz CT molecular complexity index is 228. The van der Waals surface area contributed by atoms with Crippen LogP contribution < -0.4 is 11.1 Å². The fourth-order valence-electron chi connectivity index (χ4n) is 1.17. The SMILES string of the molecule is CN(CCC(=O)NC1CC1)CC(N)=S. The van der Waals surface area contributed by atoms with Gasteiger partial charge in [0.2, 0.25) is 5.91 Å². The van der Waals surface area contributed by atoms with Crippen LogP contribution in [0, 0.1) is 0 Å². The Labute approximate surface area is 89.8 Å². The van der Waals surface area contributed by atoms with E-state index in [4.69, 9.17) is 18.0 Å². The lowest BCUT2D eigenvalue weighted by atomic mass is 10.3. The number of thiocarbonyl (C=S) groups is 1. The molecule has 0 saturated heterocycles. The van der Waals surface area contributed by atoms with Crippen molar-refractivity contribution in [2.24, 2.45) is 5.73 Å². The van der Waals surface area contributed by atoms with Crippen molar-refractivity contribution in [3.8, 4) is 0 Å². The number of hydrogen-bond acceptors (Lipinski definition) is 3. The van der Waals surface area contributed by atoms with E-state index < -0.39 is 0 Å². The first-order valence-corrected chi connectivity index (χ1v) is 5.25. The van der Waals surface area contributed by atoms with Crippen molar-refractivity contribution in [2.45, 2.75) is 25.3 Å². The molecule has 1 aliphatic rings. The fourth-order valence-corrected chi connectivity index (χ4v) is 1.39. The Balaban J connectivity index is 2.05. The number of nitrogens with one attached hydrogen (secondary N) is 1. The molecule has 1 fully saturated rings. The molecule has 4 nitrogen and oxygen atoms in total. The molecule has 0 heterocycles. The number of carbonyl (C=O) groups excluding carboxylic acids is 1. The fraction of sp³-hybridized carbons (Fsp3) is 0.778. The van der Waals surface area contributed by atoms with Gasteiger partial charge in [0, 0.05) is 25.6 Å². The number of carbonyl (C=O) groups is 1. The third kappa shape index (κ3) is 5.14. The minimum Gasteiger partial charge on any atom is -0.392 e. The third-order valence-corrected chi connectivity index (χ3v) is 2.22. The minimum absolute atomic E-state index is 0.127. The average molecular weight is 215 g/mol. The zero-order valence-corrected chi connectivity index (χ0v) is 9.27. The molecule has 0 radical (unpaired) electrons. The molecule has 0 aromatic rings. The standard InChI is InChI=1S/C9H17N3OS/c1-12(6-8(10)14)5-4-9(13)11-7-2-3-7/h7H,2-6H2,1H3,(H2,10,14)(H,11,13). The number of amides is 1. The van der Waals surface area contributed by atoms with Crippen LogP contribution in [-0.4, -0.2) is 42.0 Å². The second-order valence-electron chi connectivity index (χ2n) is 3.80. The van der Waals surface area contributed by atoms with Gasteiger partial charge >= 0.3 is 0 Å². The lowest BCUT2D eigenvalue weighted by Gasteiger charge is -2.14. The molecule has 0 aliphatic heterocycles. The van der Waals surface area contributed by atoms with Crippen molar-refractivity contribution in [3.63, 3.8) is 0 Å². The highest BCUT2D eigenvalue weighted by molar-refractivity contribution is 7.80. The number of nitrogens with zero attached hydrogens (tertiary/aromatic N) is 1. The second kappa shape index (κ2) is 5.26. The van der Waals surface area contributed by atoms with Crippen LogP contribution in [0.5, 0.6) is 0 Å². The average Bonchev–Trinajstić information content (AvgIpc) is 2.83. The highest BCUT2D eigenvalue weighted by Gasteiger charge is 2.22. The highest BCUT2D eigenvalue weighted by Crippen LogP contribution is 2.18. The molecule has 1 amide bonds. The van der Waals surface area contributed by atoms with Crippen LogP contribution >= 0.6 is 12.2 Å². The van der Waals surface area contributed by atoms with Crippen molar-refractivity contribution in [2.75, 3.05) is 20.1 Å². The molecular weight excluding hydrogens is 198 g/mol. The molecule has 0 spiro atoms. The summed E-state index contributed by atoms with van der Waals surface area (Å²) in [7, 11) is 1.91. The maximum atomic E-state index is 11.3. The van der Waals surface area contributed by atoms with Crippen LogP contribution in [-0.2, 0) is 4.79 Å². The molecule has 80 valence electrons. The Morgan fingerprint density at radius 1 is 1.64 bits per heavy atom. The number of nitrogens with two attached hydrogens (primary N) is 1. The Hall–Kier alpha value is -0.680. The highest BCUT2D eigenvalue weighted by atomic mass is 32.1. The van der Waals surface area contributed by atoms with E-state index in [2.05, 4.69) is 5.32 Å². The smallest absolute Gasteiger partial charge is 0.221 e. The summed E-state index contributed by atoms with van der Waals surface area (Å²) in [6.45, 7) is 1.28. The molecule has 0 aromatic carbocycles. The van der Waals surface area contributed by atoms with Gasteiger partial charge in [-0.15, -0.1) is 0 Å². The Morgan fingerprint density at radius 2 is 2.29 bits per heavy atom. The number of likely N-dealkylation sites (N-methyl/N-ethyl adjacent to an activating group) is 1. The summed E-state index contributed by atoms with van der Waals surface area (Å²) in [4.78, 5) is 13.7. The van der Waals surface area contributed by atoms with E-state index in [0.717, 1.165) is 12.8 Å². The molecular formula is C9H17N3OS. The van der Waals surface area contributed by atoms with Crippen LogP contribution in [0.1, 0.15) is 19.3 Å². The number of rotatable bonds is 6. The van der Waals surface area contributed by atoms with Crippen LogP contribution in [0.25, 0.3) is 0 Å². The molecule has 0 aromatic heterocycles. The molecule has 0 atom stereocenters. The van der Waals surface area contributed by atoms with Crippen molar-refractivity contribution in [1.82, 2.24) is 10.2 Å². The first kappa shape index (κ1) is 11.4. The summed E-state index contributed by atoms with van der Waals surface area (Å²) in [5.41, 5.74) is 5.38. The summed E-state index contributed by atoms with van der Waals surface area (Å²) in [6, 6.07) is 0.448. The summed E-state index contributed by atoms with van der Waals surface area (Å²) >= 11 is 4.77. The predicted octanol–water partition coefficient (Wildman–Crippen LogP) is -0.127. The molecule has 1 rings (SSSR count). The molecule has 14 heavy (non-hydrogen) atoms. The van der Waals surface area contributed by atoms with Crippen molar-refractivity contribution < 1.29 is 4.79 Å². The maximum absolute atomic E-state index is 11.3. The molecule has 0 bridgehead atoms. The molecule has 1 saturated carbocycles. The first-order chi connectivity index (χ1) is 6.58. The van der Waals surface area contributed by atoms with Crippen LogP contribution in [0.15, 0.2) is 0 Å². The van der Waals surface area contributed by atoms with Gasteiger partial charge in [-0.25, -0.2) is 0 Å². The molecule has 1 aliphatic carbocycles. The van der Waals surface area contributed by atoms with E-state index in [9.17, 15) is 4.79 Å². The minimum atomic E-state index is 0.127. The Morgan fingerprint density at radius 3 is 2.79 bits per heavy atom. The van der Waals surface area contributed by atoms with Gasteiger partial charge in [0.1, 0.15) is 0 Å². The Kier molecular flexibility index (Phi) is 4.28. The zero-order valence-electron chi connectivity index (χ0n) is 8.45. The third-order valence-electron chi connectivity index (χ3n) is 2.09. The summed E-state index contributed by atoms with van der Waals surface area (Å²) in [6.07, 6.45) is 2.79. The quantitative estimate of drug-likeness (QED) is 0.606. The predicted molar refractivity (Wildman–Crippen MR) is 60.1 cm³/mol. The van der Waals surface area contributed by atoms with Crippen LogP contribution in [0.3, 0.4) is 0 Å². The van der Waals surface area contributed by atoms with Crippen LogP contribution in [0.2, 0.25) is 0 Å².